The highest BCUT2D eigenvalue weighted by atomic mass is 35.5. The Labute approximate surface area is 86.8 Å². The van der Waals surface area contributed by atoms with Crippen molar-refractivity contribution >= 4 is 23.5 Å². The van der Waals surface area contributed by atoms with Gasteiger partial charge in [-0.25, -0.2) is 9.59 Å². The monoisotopic (exact) mass is 218 g/mol. The molecule has 1 N–H and O–H groups in total. The molecule has 0 aromatic rings. The zero-order valence-corrected chi connectivity index (χ0v) is 8.67. The highest BCUT2D eigenvalue weighted by Gasteiger charge is 2.17. The smallest absolute Gasteiger partial charge is 0.345 e. The zero-order valence-electron chi connectivity index (χ0n) is 7.91. The molecule has 0 aliphatic rings. The normalized spacial score (nSPS) is 12.5. The average molecular weight is 219 g/mol. The molecule has 0 spiro atoms. The SMILES string of the molecule is COC(=O)C(=CC(C)=CCCl)C(=O)O. The summed E-state index contributed by atoms with van der Waals surface area (Å²) >= 11 is 5.40. The van der Waals surface area contributed by atoms with Crippen LogP contribution in [0.4, 0.5) is 0 Å². The minimum Gasteiger partial charge on any atom is -0.477 e. The molecule has 78 valence electrons. The van der Waals surface area contributed by atoms with Gasteiger partial charge in [-0.05, 0) is 13.0 Å². The third kappa shape index (κ3) is 4.09. The van der Waals surface area contributed by atoms with E-state index in [9.17, 15) is 9.59 Å². The van der Waals surface area contributed by atoms with Gasteiger partial charge in [0.2, 0.25) is 0 Å². The van der Waals surface area contributed by atoms with Crippen molar-refractivity contribution in [2.24, 2.45) is 0 Å². The Hall–Kier alpha value is -1.29. The molecule has 0 atom stereocenters. The summed E-state index contributed by atoms with van der Waals surface area (Å²) in [6.07, 6.45) is 2.81. The summed E-state index contributed by atoms with van der Waals surface area (Å²) in [6, 6.07) is 0. The Morgan fingerprint density at radius 2 is 2.07 bits per heavy atom. The molecule has 4 nitrogen and oxygen atoms in total. The van der Waals surface area contributed by atoms with Crippen molar-refractivity contribution < 1.29 is 19.4 Å². The zero-order chi connectivity index (χ0) is 11.1. The van der Waals surface area contributed by atoms with E-state index in [1.165, 1.54) is 6.08 Å². The number of alkyl halides is 1. The summed E-state index contributed by atoms with van der Waals surface area (Å²) in [7, 11) is 1.12. The van der Waals surface area contributed by atoms with Gasteiger partial charge in [0, 0.05) is 5.88 Å². The first kappa shape index (κ1) is 12.7. The number of esters is 1. The van der Waals surface area contributed by atoms with Gasteiger partial charge in [0.1, 0.15) is 5.57 Å². The second-order valence-electron chi connectivity index (χ2n) is 2.46. The Balaban J connectivity index is 4.92. The number of ether oxygens (including phenoxy) is 1. The van der Waals surface area contributed by atoms with Crippen molar-refractivity contribution in [1.29, 1.82) is 0 Å². The summed E-state index contributed by atoms with van der Waals surface area (Å²) in [5.41, 5.74) is 0.189. The van der Waals surface area contributed by atoms with E-state index in [0.29, 0.717) is 5.57 Å². The van der Waals surface area contributed by atoms with Crippen LogP contribution in [-0.4, -0.2) is 30.0 Å². The number of carbonyl (C=O) groups excluding carboxylic acids is 1. The van der Waals surface area contributed by atoms with Crippen LogP contribution in [-0.2, 0) is 14.3 Å². The molecular formula is C9H11ClO4. The maximum atomic E-state index is 11.0. The van der Waals surface area contributed by atoms with E-state index >= 15 is 0 Å². The van der Waals surface area contributed by atoms with Gasteiger partial charge in [-0.3, -0.25) is 0 Å². The van der Waals surface area contributed by atoms with E-state index in [4.69, 9.17) is 16.7 Å². The van der Waals surface area contributed by atoms with Crippen LogP contribution < -0.4 is 0 Å². The maximum absolute atomic E-state index is 11.0. The van der Waals surface area contributed by atoms with Crippen molar-refractivity contribution in [1.82, 2.24) is 0 Å². The number of aliphatic carboxylic acids is 1. The number of halogens is 1. The Kier molecular flexibility index (Phi) is 5.64. The maximum Gasteiger partial charge on any atom is 0.345 e. The molecule has 0 fully saturated rings. The molecule has 0 saturated heterocycles. The number of methoxy groups -OCH3 is 1. The van der Waals surface area contributed by atoms with Crippen molar-refractivity contribution in [3.05, 3.63) is 23.3 Å². The highest BCUT2D eigenvalue weighted by molar-refractivity contribution is 6.19. The number of rotatable bonds is 4. The van der Waals surface area contributed by atoms with E-state index in [1.807, 2.05) is 0 Å². The van der Waals surface area contributed by atoms with E-state index in [1.54, 1.807) is 13.0 Å². The van der Waals surface area contributed by atoms with Gasteiger partial charge in [0.25, 0.3) is 0 Å². The molecule has 0 radical (unpaired) electrons. The first-order valence-corrected chi connectivity index (χ1v) is 4.32. The van der Waals surface area contributed by atoms with Crippen LogP contribution in [0.25, 0.3) is 0 Å². The van der Waals surface area contributed by atoms with Crippen LogP contribution >= 0.6 is 11.6 Å². The highest BCUT2D eigenvalue weighted by Crippen LogP contribution is 2.05. The van der Waals surface area contributed by atoms with E-state index < -0.39 is 17.5 Å². The minimum absolute atomic E-state index is 0.260. The van der Waals surface area contributed by atoms with Gasteiger partial charge in [0.15, 0.2) is 0 Å². The summed E-state index contributed by atoms with van der Waals surface area (Å²) < 4.78 is 4.30. The summed E-state index contributed by atoms with van der Waals surface area (Å²) in [6.45, 7) is 1.65. The predicted molar refractivity (Wildman–Crippen MR) is 52.2 cm³/mol. The van der Waals surface area contributed by atoms with Gasteiger partial charge in [0.05, 0.1) is 7.11 Å². The van der Waals surface area contributed by atoms with Gasteiger partial charge in [-0.2, -0.15) is 0 Å². The lowest BCUT2D eigenvalue weighted by atomic mass is 10.1. The molecule has 0 heterocycles. The van der Waals surface area contributed by atoms with Gasteiger partial charge in [-0.15, -0.1) is 11.6 Å². The van der Waals surface area contributed by atoms with Crippen LogP contribution in [0.1, 0.15) is 6.92 Å². The Bertz CT molecular complexity index is 291. The topological polar surface area (TPSA) is 63.6 Å². The Morgan fingerprint density at radius 3 is 2.43 bits per heavy atom. The van der Waals surface area contributed by atoms with Gasteiger partial charge >= 0.3 is 11.9 Å². The standard InChI is InChI=1S/C9H11ClO4/c1-6(3-4-10)5-7(8(11)12)9(13)14-2/h3,5H,4H2,1-2H3,(H,11,12). The fraction of sp³-hybridized carbons (Fsp3) is 0.333. The van der Waals surface area contributed by atoms with E-state index in [-0.39, 0.29) is 5.88 Å². The molecule has 0 bridgehead atoms. The second kappa shape index (κ2) is 6.21. The van der Waals surface area contributed by atoms with Crippen LogP contribution in [0.5, 0.6) is 0 Å². The molecule has 0 aliphatic carbocycles. The van der Waals surface area contributed by atoms with Gasteiger partial charge < -0.3 is 9.84 Å². The first-order chi connectivity index (χ1) is 6.52. The van der Waals surface area contributed by atoms with Crippen molar-refractivity contribution in [2.45, 2.75) is 6.92 Å². The van der Waals surface area contributed by atoms with E-state index in [2.05, 4.69) is 4.74 Å². The molecule has 0 unspecified atom stereocenters. The molecule has 0 aromatic heterocycles. The lowest BCUT2D eigenvalue weighted by molar-refractivity contribution is -0.142. The van der Waals surface area contributed by atoms with E-state index in [0.717, 1.165) is 7.11 Å². The Morgan fingerprint density at radius 1 is 1.50 bits per heavy atom. The van der Waals surface area contributed by atoms with Crippen LogP contribution in [0.3, 0.4) is 0 Å². The molecule has 0 rings (SSSR count). The summed E-state index contributed by atoms with van der Waals surface area (Å²) in [4.78, 5) is 21.6. The molecule has 0 aromatic carbocycles. The number of allylic oxidation sites excluding steroid dienone is 3. The average Bonchev–Trinajstić information content (AvgIpc) is 2.13. The number of carboxylic acids is 1. The molecule has 0 saturated carbocycles. The number of carboxylic acid groups (broad SMARTS) is 1. The van der Waals surface area contributed by atoms with Crippen LogP contribution in [0, 0.1) is 0 Å². The quantitative estimate of drug-likeness (QED) is 0.193. The van der Waals surface area contributed by atoms with Crippen molar-refractivity contribution in [2.75, 3.05) is 13.0 Å². The molecular weight excluding hydrogens is 208 g/mol. The number of hydrogen-bond acceptors (Lipinski definition) is 3. The summed E-state index contributed by atoms with van der Waals surface area (Å²) in [5.74, 6) is -1.94. The lowest BCUT2D eigenvalue weighted by Crippen LogP contribution is -2.13. The molecule has 14 heavy (non-hydrogen) atoms. The van der Waals surface area contributed by atoms with Crippen molar-refractivity contribution in [3.8, 4) is 0 Å². The third-order valence-electron chi connectivity index (χ3n) is 1.41. The van der Waals surface area contributed by atoms with Crippen molar-refractivity contribution in [3.63, 3.8) is 0 Å². The number of hydrogen-bond donors (Lipinski definition) is 1. The summed E-state index contributed by atoms with van der Waals surface area (Å²) in [5, 5.41) is 8.66. The third-order valence-corrected chi connectivity index (χ3v) is 1.56. The molecule has 0 aliphatic heterocycles. The second-order valence-corrected chi connectivity index (χ2v) is 2.77. The van der Waals surface area contributed by atoms with Crippen LogP contribution in [0.15, 0.2) is 23.3 Å². The molecule has 0 amide bonds. The van der Waals surface area contributed by atoms with Crippen LogP contribution in [0.2, 0.25) is 0 Å². The predicted octanol–water partition coefficient (Wildman–Crippen LogP) is 1.36. The fourth-order valence-corrected chi connectivity index (χ4v) is 0.970. The minimum atomic E-state index is -1.32. The number of carbonyl (C=O) groups is 2. The fourth-order valence-electron chi connectivity index (χ4n) is 0.726. The first-order valence-electron chi connectivity index (χ1n) is 3.79. The largest absolute Gasteiger partial charge is 0.477 e. The lowest BCUT2D eigenvalue weighted by Gasteiger charge is -1.99. The molecule has 5 heteroatoms. The van der Waals surface area contributed by atoms with Gasteiger partial charge in [-0.1, -0.05) is 11.6 Å².